The lowest BCUT2D eigenvalue weighted by Crippen LogP contribution is -2.13. The number of ether oxygens (including phenoxy) is 1. The Kier molecular flexibility index (Phi) is 3.45. The number of hydrogen-bond donors (Lipinski definition) is 1. The van der Waals surface area contributed by atoms with Crippen LogP contribution in [0.15, 0.2) is 18.2 Å². The predicted octanol–water partition coefficient (Wildman–Crippen LogP) is 3.21. The van der Waals surface area contributed by atoms with Gasteiger partial charge in [-0.1, -0.05) is 12.1 Å². The molecule has 1 aliphatic heterocycles. The molecule has 4 heteroatoms. The molecule has 0 spiro atoms. The van der Waals surface area contributed by atoms with Gasteiger partial charge in [0, 0.05) is 24.2 Å². The van der Waals surface area contributed by atoms with E-state index in [-0.39, 0.29) is 0 Å². The molecule has 0 radical (unpaired) electrons. The fourth-order valence-electron chi connectivity index (χ4n) is 3.40. The number of anilines is 1. The molecule has 114 valence electrons. The molecule has 1 N–H and O–H groups in total. The van der Waals surface area contributed by atoms with Crippen molar-refractivity contribution in [2.75, 3.05) is 11.9 Å². The summed E-state index contributed by atoms with van der Waals surface area (Å²) in [6.07, 6.45) is 5.68. The van der Waals surface area contributed by atoms with Crippen LogP contribution >= 0.6 is 0 Å². The molecule has 0 saturated heterocycles. The summed E-state index contributed by atoms with van der Waals surface area (Å²) in [6.45, 7) is 3.59. The average molecular weight is 295 g/mol. The zero-order valence-corrected chi connectivity index (χ0v) is 13.0. The second kappa shape index (κ2) is 5.59. The van der Waals surface area contributed by atoms with E-state index >= 15 is 0 Å². The SMILES string of the molecule is Cc1nc2c(c(NCc3ccc4c(c3)CCO4)n1)CCCC2. The lowest BCUT2D eigenvalue weighted by molar-refractivity contribution is 0.357. The summed E-state index contributed by atoms with van der Waals surface area (Å²) in [4.78, 5) is 9.24. The van der Waals surface area contributed by atoms with Crippen molar-refractivity contribution in [3.63, 3.8) is 0 Å². The minimum atomic E-state index is 0.802. The van der Waals surface area contributed by atoms with Crippen molar-refractivity contribution in [3.05, 3.63) is 46.4 Å². The van der Waals surface area contributed by atoms with E-state index in [4.69, 9.17) is 4.74 Å². The smallest absolute Gasteiger partial charge is 0.133 e. The Balaban J connectivity index is 1.55. The first-order chi connectivity index (χ1) is 10.8. The Bertz CT molecular complexity index is 712. The highest BCUT2D eigenvalue weighted by Crippen LogP contribution is 2.28. The molecule has 1 aromatic heterocycles. The quantitative estimate of drug-likeness (QED) is 0.944. The predicted molar refractivity (Wildman–Crippen MR) is 86.4 cm³/mol. The molecule has 2 heterocycles. The van der Waals surface area contributed by atoms with Gasteiger partial charge in [-0.25, -0.2) is 9.97 Å². The van der Waals surface area contributed by atoms with E-state index in [0.29, 0.717) is 0 Å². The fraction of sp³-hybridized carbons (Fsp3) is 0.444. The normalized spacial score (nSPS) is 15.9. The van der Waals surface area contributed by atoms with E-state index in [1.807, 2.05) is 6.92 Å². The first-order valence-electron chi connectivity index (χ1n) is 8.14. The van der Waals surface area contributed by atoms with Crippen molar-refractivity contribution in [1.82, 2.24) is 9.97 Å². The zero-order chi connectivity index (χ0) is 14.9. The topological polar surface area (TPSA) is 47.0 Å². The van der Waals surface area contributed by atoms with Gasteiger partial charge in [0.15, 0.2) is 0 Å². The summed E-state index contributed by atoms with van der Waals surface area (Å²) in [7, 11) is 0. The Labute approximate surface area is 130 Å². The molecule has 2 aromatic rings. The maximum absolute atomic E-state index is 5.57. The van der Waals surface area contributed by atoms with Crippen LogP contribution in [0.5, 0.6) is 5.75 Å². The Morgan fingerprint density at radius 1 is 1.14 bits per heavy atom. The lowest BCUT2D eigenvalue weighted by atomic mass is 9.96. The summed E-state index contributed by atoms with van der Waals surface area (Å²) in [5.41, 5.74) is 5.16. The summed E-state index contributed by atoms with van der Waals surface area (Å²) in [5, 5.41) is 3.53. The van der Waals surface area contributed by atoms with Gasteiger partial charge in [-0.05, 0) is 49.8 Å². The molecular weight excluding hydrogens is 274 g/mol. The maximum atomic E-state index is 5.57. The van der Waals surface area contributed by atoms with Gasteiger partial charge in [-0.2, -0.15) is 0 Å². The van der Waals surface area contributed by atoms with Crippen LogP contribution in [0.3, 0.4) is 0 Å². The number of aryl methyl sites for hydroxylation is 2. The third-order valence-corrected chi connectivity index (χ3v) is 4.51. The van der Waals surface area contributed by atoms with Crippen molar-refractivity contribution in [2.45, 2.75) is 45.6 Å². The van der Waals surface area contributed by atoms with Crippen LogP contribution in [-0.4, -0.2) is 16.6 Å². The standard InChI is InChI=1S/C18H21N3O/c1-12-20-16-5-3-2-4-15(16)18(21-12)19-11-13-6-7-17-14(10-13)8-9-22-17/h6-7,10H,2-5,8-9,11H2,1H3,(H,19,20,21). The van der Waals surface area contributed by atoms with Gasteiger partial charge in [0.05, 0.1) is 6.61 Å². The largest absolute Gasteiger partial charge is 0.493 e. The number of nitrogens with one attached hydrogen (secondary N) is 1. The summed E-state index contributed by atoms with van der Waals surface area (Å²) >= 11 is 0. The van der Waals surface area contributed by atoms with Gasteiger partial charge in [-0.3, -0.25) is 0 Å². The van der Waals surface area contributed by atoms with Crippen molar-refractivity contribution in [2.24, 2.45) is 0 Å². The molecule has 0 unspecified atom stereocenters. The third kappa shape index (κ3) is 2.54. The molecule has 4 rings (SSSR count). The van der Waals surface area contributed by atoms with Gasteiger partial charge in [0.25, 0.3) is 0 Å². The number of rotatable bonds is 3. The van der Waals surface area contributed by atoms with Crippen molar-refractivity contribution < 1.29 is 4.74 Å². The molecule has 0 fully saturated rings. The summed E-state index contributed by atoms with van der Waals surface area (Å²) in [5.74, 6) is 2.93. The monoisotopic (exact) mass is 295 g/mol. The van der Waals surface area contributed by atoms with E-state index in [0.717, 1.165) is 49.8 Å². The van der Waals surface area contributed by atoms with E-state index in [1.54, 1.807) is 0 Å². The molecule has 2 aliphatic rings. The van der Waals surface area contributed by atoms with Crippen molar-refractivity contribution in [1.29, 1.82) is 0 Å². The second-order valence-electron chi connectivity index (χ2n) is 6.15. The maximum Gasteiger partial charge on any atom is 0.133 e. The van der Waals surface area contributed by atoms with E-state index < -0.39 is 0 Å². The minimum absolute atomic E-state index is 0.802. The lowest BCUT2D eigenvalue weighted by Gasteiger charge is -2.19. The molecule has 0 bridgehead atoms. The molecule has 1 aromatic carbocycles. The van der Waals surface area contributed by atoms with Gasteiger partial charge in [0.1, 0.15) is 17.4 Å². The van der Waals surface area contributed by atoms with Gasteiger partial charge >= 0.3 is 0 Å². The molecule has 0 saturated carbocycles. The summed E-state index contributed by atoms with van der Waals surface area (Å²) in [6, 6.07) is 6.47. The highest BCUT2D eigenvalue weighted by Gasteiger charge is 2.17. The molecular formula is C18H21N3O. The van der Waals surface area contributed by atoms with Crippen LogP contribution in [0, 0.1) is 6.92 Å². The zero-order valence-electron chi connectivity index (χ0n) is 13.0. The average Bonchev–Trinajstić information content (AvgIpc) is 3.00. The fourth-order valence-corrected chi connectivity index (χ4v) is 3.40. The Morgan fingerprint density at radius 2 is 2.05 bits per heavy atom. The molecule has 4 nitrogen and oxygen atoms in total. The van der Waals surface area contributed by atoms with Crippen molar-refractivity contribution >= 4 is 5.82 Å². The number of aromatic nitrogens is 2. The van der Waals surface area contributed by atoms with Crippen molar-refractivity contribution in [3.8, 4) is 5.75 Å². The van der Waals surface area contributed by atoms with Crippen LogP contribution in [0.25, 0.3) is 0 Å². The molecule has 22 heavy (non-hydrogen) atoms. The molecule has 0 amide bonds. The van der Waals surface area contributed by atoms with Gasteiger partial charge < -0.3 is 10.1 Å². The van der Waals surface area contributed by atoms with Crippen LogP contribution in [0.4, 0.5) is 5.82 Å². The third-order valence-electron chi connectivity index (χ3n) is 4.51. The number of benzene rings is 1. The van der Waals surface area contributed by atoms with Crippen LogP contribution in [-0.2, 0) is 25.8 Å². The molecule has 1 aliphatic carbocycles. The summed E-state index contributed by atoms with van der Waals surface area (Å²) < 4.78 is 5.57. The van der Waals surface area contributed by atoms with E-state index in [9.17, 15) is 0 Å². The number of fused-ring (bicyclic) bond motifs is 2. The van der Waals surface area contributed by atoms with Crippen LogP contribution < -0.4 is 10.1 Å². The molecule has 0 atom stereocenters. The minimum Gasteiger partial charge on any atom is -0.493 e. The second-order valence-corrected chi connectivity index (χ2v) is 6.15. The Hall–Kier alpha value is -2.10. The first-order valence-corrected chi connectivity index (χ1v) is 8.14. The van der Waals surface area contributed by atoms with E-state index in [1.165, 1.54) is 35.2 Å². The van der Waals surface area contributed by atoms with Crippen LogP contribution in [0.1, 0.15) is 41.1 Å². The highest BCUT2D eigenvalue weighted by atomic mass is 16.5. The number of hydrogen-bond acceptors (Lipinski definition) is 4. The highest BCUT2D eigenvalue weighted by molar-refractivity contribution is 5.49. The first kappa shape index (κ1) is 13.6. The van der Waals surface area contributed by atoms with Crippen LogP contribution in [0.2, 0.25) is 0 Å². The van der Waals surface area contributed by atoms with E-state index in [2.05, 4.69) is 33.5 Å². The Morgan fingerprint density at radius 3 is 3.00 bits per heavy atom. The number of nitrogens with zero attached hydrogens (tertiary/aromatic N) is 2. The van der Waals surface area contributed by atoms with Gasteiger partial charge in [-0.15, -0.1) is 0 Å². The van der Waals surface area contributed by atoms with Gasteiger partial charge in [0.2, 0.25) is 0 Å².